The molecule has 1 heterocycles. The highest BCUT2D eigenvalue weighted by atomic mass is 79.9. The summed E-state index contributed by atoms with van der Waals surface area (Å²) >= 11 is 3.57. The third-order valence-electron chi connectivity index (χ3n) is 2.75. The highest BCUT2D eigenvalue weighted by Gasteiger charge is 2.13. The maximum Gasteiger partial charge on any atom is 0.140 e. The molecule has 0 saturated carbocycles. The van der Waals surface area contributed by atoms with Gasteiger partial charge in [-0.3, -0.25) is 4.68 Å². The number of nitrogens with zero attached hydrogens (tertiary/aromatic N) is 4. The van der Waals surface area contributed by atoms with Crippen molar-refractivity contribution in [3.8, 4) is 0 Å². The minimum Gasteiger partial charge on any atom is -0.409 e. The maximum absolute atomic E-state index is 8.49. The standard InChI is InChI=1S/C11H20BrN5O/c1-4-17-9(11(12)8(2)14-17)7-16(3)6-5-10(13)15-18/h18H,4-7H2,1-3H3,(H2,13,15). The van der Waals surface area contributed by atoms with Crippen molar-refractivity contribution in [2.24, 2.45) is 10.9 Å². The van der Waals surface area contributed by atoms with E-state index in [9.17, 15) is 0 Å². The summed E-state index contributed by atoms with van der Waals surface area (Å²) in [6, 6.07) is 0. The number of hydrogen-bond acceptors (Lipinski definition) is 4. The molecule has 6 nitrogen and oxygen atoms in total. The Morgan fingerprint density at radius 1 is 1.61 bits per heavy atom. The fourth-order valence-corrected chi connectivity index (χ4v) is 2.12. The van der Waals surface area contributed by atoms with Gasteiger partial charge in [0.1, 0.15) is 5.84 Å². The predicted octanol–water partition coefficient (Wildman–Crippen LogP) is 1.54. The number of aromatic nitrogens is 2. The lowest BCUT2D eigenvalue weighted by atomic mass is 10.3. The summed E-state index contributed by atoms with van der Waals surface area (Å²) in [6.07, 6.45) is 0.545. The molecule has 1 aromatic heterocycles. The van der Waals surface area contributed by atoms with Crippen LogP contribution in [0.3, 0.4) is 0 Å². The molecule has 0 aliphatic carbocycles. The Kier molecular flexibility index (Phi) is 5.61. The van der Waals surface area contributed by atoms with Crippen LogP contribution in [0.2, 0.25) is 0 Å². The molecule has 1 rings (SSSR count). The van der Waals surface area contributed by atoms with Crippen molar-refractivity contribution in [2.75, 3.05) is 13.6 Å². The van der Waals surface area contributed by atoms with Crippen molar-refractivity contribution < 1.29 is 5.21 Å². The minimum atomic E-state index is 0.251. The summed E-state index contributed by atoms with van der Waals surface area (Å²) in [7, 11) is 2.00. The van der Waals surface area contributed by atoms with Gasteiger partial charge in [0.2, 0.25) is 0 Å². The second-order valence-electron chi connectivity index (χ2n) is 4.24. The van der Waals surface area contributed by atoms with Crippen molar-refractivity contribution in [3.63, 3.8) is 0 Å². The number of rotatable bonds is 6. The molecule has 0 bridgehead atoms. The predicted molar refractivity (Wildman–Crippen MR) is 74.7 cm³/mol. The van der Waals surface area contributed by atoms with E-state index in [1.54, 1.807) is 0 Å². The lowest BCUT2D eigenvalue weighted by Crippen LogP contribution is -2.25. The summed E-state index contributed by atoms with van der Waals surface area (Å²) in [4.78, 5) is 2.12. The van der Waals surface area contributed by atoms with E-state index >= 15 is 0 Å². The summed E-state index contributed by atoms with van der Waals surface area (Å²) in [5, 5.41) is 15.9. The second-order valence-corrected chi connectivity index (χ2v) is 5.03. The molecule has 0 aliphatic heterocycles. The number of nitrogens with two attached hydrogens (primary N) is 1. The van der Waals surface area contributed by atoms with E-state index in [-0.39, 0.29) is 5.84 Å². The number of aryl methyl sites for hydroxylation is 2. The Labute approximate surface area is 116 Å². The molecule has 0 saturated heterocycles. The largest absolute Gasteiger partial charge is 0.409 e. The Bertz CT molecular complexity index is 429. The zero-order valence-electron chi connectivity index (χ0n) is 11.0. The zero-order chi connectivity index (χ0) is 13.7. The number of hydrogen-bond donors (Lipinski definition) is 2. The highest BCUT2D eigenvalue weighted by Crippen LogP contribution is 2.22. The highest BCUT2D eigenvalue weighted by molar-refractivity contribution is 9.10. The quantitative estimate of drug-likeness (QED) is 0.361. The summed E-state index contributed by atoms with van der Waals surface area (Å²) in [5.41, 5.74) is 7.60. The van der Waals surface area contributed by atoms with Gasteiger partial charge in [-0.1, -0.05) is 5.16 Å². The molecule has 0 aliphatic rings. The van der Waals surface area contributed by atoms with Crippen LogP contribution in [0.1, 0.15) is 24.7 Å². The van der Waals surface area contributed by atoms with Crippen molar-refractivity contribution in [1.82, 2.24) is 14.7 Å². The van der Waals surface area contributed by atoms with E-state index in [0.717, 1.165) is 35.5 Å². The topological polar surface area (TPSA) is 79.7 Å². The summed E-state index contributed by atoms with van der Waals surface area (Å²) in [6.45, 7) is 6.40. The molecule has 0 radical (unpaired) electrons. The van der Waals surface area contributed by atoms with E-state index in [2.05, 4.69) is 38.0 Å². The first-order chi connectivity index (χ1) is 8.49. The van der Waals surface area contributed by atoms with Crippen LogP contribution >= 0.6 is 15.9 Å². The fraction of sp³-hybridized carbons (Fsp3) is 0.636. The molecule has 0 fully saturated rings. The van der Waals surface area contributed by atoms with Gasteiger partial charge in [0.15, 0.2) is 0 Å². The van der Waals surface area contributed by atoms with E-state index < -0.39 is 0 Å². The third kappa shape index (κ3) is 3.71. The van der Waals surface area contributed by atoms with Gasteiger partial charge in [0.05, 0.1) is 15.9 Å². The zero-order valence-corrected chi connectivity index (χ0v) is 12.6. The first-order valence-corrected chi connectivity index (χ1v) is 6.65. The Balaban J connectivity index is 2.66. The van der Waals surface area contributed by atoms with Crippen LogP contribution in [0.4, 0.5) is 0 Å². The van der Waals surface area contributed by atoms with Crippen molar-refractivity contribution in [1.29, 1.82) is 0 Å². The Hall–Kier alpha value is -1.08. The van der Waals surface area contributed by atoms with Crippen LogP contribution in [0.5, 0.6) is 0 Å². The van der Waals surface area contributed by atoms with Crippen molar-refractivity contribution >= 4 is 21.8 Å². The lowest BCUT2D eigenvalue weighted by molar-refractivity contribution is 0.306. The second kappa shape index (κ2) is 6.75. The average Bonchev–Trinajstić information content (AvgIpc) is 2.63. The van der Waals surface area contributed by atoms with Crippen molar-refractivity contribution in [3.05, 3.63) is 15.9 Å². The van der Waals surface area contributed by atoms with E-state index in [0.29, 0.717) is 6.42 Å². The molecule has 0 amide bonds. The Morgan fingerprint density at radius 3 is 2.83 bits per heavy atom. The SMILES string of the molecule is CCn1nc(C)c(Br)c1CN(C)CCC(N)=NO. The van der Waals surface area contributed by atoms with Crippen LogP contribution in [0, 0.1) is 6.92 Å². The minimum absolute atomic E-state index is 0.251. The molecule has 0 unspecified atom stereocenters. The molecule has 7 heteroatoms. The molecular formula is C11H20BrN5O. The Morgan fingerprint density at radius 2 is 2.28 bits per heavy atom. The monoisotopic (exact) mass is 317 g/mol. The van der Waals surface area contributed by atoms with Gasteiger partial charge in [-0.05, 0) is 36.8 Å². The lowest BCUT2D eigenvalue weighted by Gasteiger charge is -2.17. The van der Waals surface area contributed by atoms with Gasteiger partial charge in [0, 0.05) is 26.1 Å². The van der Waals surface area contributed by atoms with E-state index in [4.69, 9.17) is 10.9 Å². The number of oxime groups is 1. The van der Waals surface area contributed by atoms with Gasteiger partial charge in [-0.2, -0.15) is 5.10 Å². The first-order valence-electron chi connectivity index (χ1n) is 5.86. The molecule has 0 atom stereocenters. The molecular weight excluding hydrogens is 298 g/mol. The summed E-state index contributed by atoms with van der Waals surface area (Å²) < 4.78 is 3.04. The van der Waals surface area contributed by atoms with Gasteiger partial charge in [-0.15, -0.1) is 0 Å². The number of amidine groups is 1. The smallest absolute Gasteiger partial charge is 0.140 e. The molecule has 1 aromatic rings. The van der Waals surface area contributed by atoms with Crippen LogP contribution in [-0.2, 0) is 13.1 Å². The molecule has 18 heavy (non-hydrogen) atoms. The van der Waals surface area contributed by atoms with Crippen LogP contribution < -0.4 is 5.73 Å². The molecule has 3 N–H and O–H groups in total. The van der Waals surface area contributed by atoms with Gasteiger partial charge < -0.3 is 15.8 Å². The van der Waals surface area contributed by atoms with Crippen LogP contribution in [0.25, 0.3) is 0 Å². The van der Waals surface area contributed by atoms with Crippen LogP contribution in [0.15, 0.2) is 9.63 Å². The molecule has 0 spiro atoms. The van der Waals surface area contributed by atoms with Gasteiger partial charge >= 0.3 is 0 Å². The molecule has 102 valence electrons. The normalized spacial score (nSPS) is 12.4. The maximum atomic E-state index is 8.49. The first kappa shape index (κ1) is 15.0. The van der Waals surface area contributed by atoms with Gasteiger partial charge in [0.25, 0.3) is 0 Å². The fourth-order valence-electron chi connectivity index (χ4n) is 1.71. The van der Waals surface area contributed by atoms with Crippen molar-refractivity contribution in [2.45, 2.75) is 33.4 Å². The third-order valence-corrected chi connectivity index (χ3v) is 3.78. The van der Waals surface area contributed by atoms with Gasteiger partial charge in [-0.25, -0.2) is 0 Å². The van der Waals surface area contributed by atoms with Crippen LogP contribution in [-0.4, -0.2) is 39.3 Å². The summed E-state index contributed by atoms with van der Waals surface area (Å²) in [5.74, 6) is 0.251. The van der Waals surface area contributed by atoms with E-state index in [1.165, 1.54) is 0 Å². The van der Waals surface area contributed by atoms with E-state index in [1.807, 2.05) is 18.7 Å². The average molecular weight is 318 g/mol. The number of halogens is 1. The molecule has 0 aromatic carbocycles.